The summed E-state index contributed by atoms with van der Waals surface area (Å²) in [6.07, 6.45) is 0.676. The maximum Gasteiger partial charge on any atom is 0.307 e. The second kappa shape index (κ2) is 11.9. The molecule has 2 amide bonds. The lowest BCUT2D eigenvalue weighted by atomic mass is 9.98. The molecular weight excluding hydrogens is 504 g/mol. The highest BCUT2D eigenvalue weighted by atomic mass is 35.5. The zero-order valence-corrected chi connectivity index (χ0v) is 21.9. The fraction of sp³-hybridized carbons (Fsp3) is 0.207. The van der Waals surface area contributed by atoms with E-state index in [2.05, 4.69) is 16.0 Å². The van der Waals surface area contributed by atoms with Crippen LogP contribution in [-0.2, 0) is 20.8 Å². The first kappa shape index (κ1) is 26.9. The third kappa shape index (κ3) is 6.22. The second-order valence-corrected chi connectivity index (χ2v) is 9.40. The molecule has 0 fully saturated rings. The van der Waals surface area contributed by atoms with Crippen molar-refractivity contribution in [3.8, 4) is 0 Å². The van der Waals surface area contributed by atoms with E-state index >= 15 is 0 Å². The van der Waals surface area contributed by atoms with Crippen LogP contribution in [-0.4, -0.2) is 43.0 Å². The van der Waals surface area contributed by atoms with Gasteiger partial charge in [-0.1, -0.05) is 35.9 Å². The monoisotopic (exact) mass is 532 g/mol. The first-order valence-corrected chi connectivity index (χ1v) is 12.6. The van der Waals surface area contributed by atoms with Crippen molar-refractivity contribution >= 4 is 57.7 Å². The summed E-state index contributed by atoms with van der Waals surface area (Å²) in [6, 6.07) is 19.7. The Morgan fingerprint density at radius 3 is 2.50 bits per heavy atom. The summed E-state index contributed by atoms with van der Waals surface area (Å²) < 4.78 is 0. The van der Waals surface area contributed by atoms with Crippen LogP contribution in [0.2, 0.25) is 5.02 Å². The van der Waals surface area contributed by atoms with Crippen LogP contribution in [0.1, 0.15) is 30.0 Å². The van der Waals surface area contributed by atoms with E-state index in [-0.39, 0.29) is 18.2 Å². The third-order valence-corrected chi connectivity index (χ3v) is 6.42. The Bertz CT molecular complexity index is 1400. The molecule has 8 nitrogen and oxygen atoms in total. The van der Waals surface area contributed by atoms with Gasteiger partial charge in [-0.25, -0.2) is 0 Å². The number of benzene rings is 3. The van der Waals surface area contributed by atoms with Crippen molar-refractivity contribution in [3.63, 3.8) is 0 Å². The number of rotatable bonds is 10. The van der Waals surface area contributed by atoms with E-state index in [1.54, 1.807) is 48.2 Å². The highest BCUT2D eigenvalue weighted by Gasteiger charge is 2.29. The molecule has 0 radical (unpaired) electrons. The maximum atomic E-state index is 13.2. The Labute approximate surface area is 226 Å². The van der Waals surface area contributed by atoms with E-state index < -0.39 is 5.97 Å². The molecule has 0 aliphatic carbocycles. The SMILES string of the molecule is CNCCCN(C(C)=O)c1ccc(NC(=C2C(=O)Nc3cc(Cl)ccc32)c2cccc(CC(=O)O)c2)cc1. The summed E-state index contributed by atoms with van der Waals surface area (Å²) in [7, 11) is 1.87. The van der Waals surface area contributed by atoms with Crippen molar-refractivity contribution < 1.29 is 19.5 Å². The number of carboxylic acid groups (broad SMARTS) is 1. The highest BCUT2D eigenvalue weighted by Crippen LogP contribution is 2.39. The molecule has 0 saturated carbocycles. The van der Waals surface area contributed by atoms with E-state index in [1.807, 2.05) is 37.4 Å². The van der Waals surface area contributed by atoms with Crippen molar-refractivity contribution in [1.82, 2.24) is 5.32 Å². The first-order valence-electron chi connectivity index (χ1n) is 12.2. The average molecular weight is 533 g/mol. The molecule has 3 aromatic rings. The van der Waals surface area contributed by atoms with Gasteiger partial charge in [-0.2, -0.15) is 0 Å². The summed E-state index contributed by atoms with van der Waals surface area (Å²) in [5.41, 5.74) is 5.00. The highest BCUT2D eigenvalue weighted by molar-refractivity contribution is 6.38. The number of anilines is 3. The van der Waals surface area contributed by atoms with Crippen molar-refractivity contribution in [3.05, 3.63) is 88.4 Å². The summed E-state index contributed by atoms with van der Waals surface area (Å²) in [4.78, 5) is 38.4. The molecule has 0 aromatic heterocycles. The van der Waals surface area contributed by atoms with Crippen LogP contribution in [0.5, 0.6) is 0 Å². The van der Waals surface area contributed by atoms with Crippen molar-refractivity contribution in [2.45, 2.75) is 19.8 Å². The number of nitrogens with zero attached hydrogens (tertiary/aromatic N) is 1. The molecule has 0 bridgehead atoms. The minimum absolute atomic E-state index is 0.0437. The predicted octanol–water partition coefficient (Wildman–Crippen LogP) is 4.86. The van der Waals surface area contributed by atoms with Crippen molar-refractivity contribution in [2.24, 2.45) is 0 Å². The Morgan fingerprint density at radius 1 is 1.05 bits per heavy atom. The quantitative estimate of drug-likeness (QED) is 0.219. The van der Waals surface area contributed by atoms with Crippen LogP contribution in [0.15, 0.2) is 66.7 Å². The van der Waals surface area contributed by atoms with Gasteiger partial charge in [0.25, 0.3) is 5.91 Å². The van der Waals surface area contributed by atoms with Gasteiger partial charge in [-0.15, -0.1) is 0 Å². The lowest BCUT2D eigenvalue weighted by molar-refractivity contribution is -0.136. The predicted molar refractivity (Wildman–Crippen MR) is 151 cm³/mol. The Morgan fingerprint density at radius 2 is 1.82 bits per heavy atom. The Kier molecular flexibility index (Phi) is 8.45. The molecule has 9 heteroatoms. The number of carboxylic acids is 1. The number of fused-ring (bicyclic) bond motifs is 1. The average Bonchev–Trinajstić information content (AvgIpc) is 3.19. The zero-order valence-electron chi connectivity index (χ0n) is 21.2. The fourth-order valence-corrected chi connectivity index (χ4v) is 4.61. The third-order valence-electron chi connectivity index (χ3n) is 6.18. The summed E-state index contributed by atoms with van der Waals surface area (Å²) in [5, 5.41) is 19.1. The molecule has 1 heterocycles. The van der Waals surface area contributed by atoms with Gasteiger partial charge in [-0.05, 0) is 73.6 Å². The smallest absolute Gasteiger partial charge is 0.307 e. The van der Waals surface area contributed by atoms with Gasteiger partial charge in [0.1, 0.15) is 0 Å². The summed E-state index contributed by atoms with van der Waals surface area (Å²) in [5.74, 6) is -1.28. The number of carbonyl (C=O) groups is 3. The molecule has 3 aromatic carbocycles. The van der Waals surface area contributed by atoms with Gasteiger partial charge in [0.05, 0.1) is 23.4 Å². The number of halogens is 1. The Balaban J connectivity index is 1.74. The van der Waals surface area contributed by atoms with E-state index in [4.69, 9.17) is 11.6 Å². The number of aliphatic carboxylic acids is 1. The standard InChI is InChI=1S/C29H29ClN4O4/c1-18(35)34(14-4-13-31-2)23-10-8-22(9-11-23)32-28(20-6-3-5-19(15-20)16-26(36)37)27-24-12-7-21(30)17-25(24)33-29(27)38/h3,5-12,15,17,31-32H,4,13-14,16H2,1-2H3,(H,33,38)(H,36,37). The van der Waals surface area contributed by atoms with Gasteiger partial charge >= 0.3 is 5.97 Å². The molecule has 0 spiro atoms. The summed E-state index contributed by atoms with van der Waals surface area (Å²) in [6.45, 7) is 2.94. The van der Waals surface area contributed by atoms with E-state index in [9.17, 15) is 19.5 Å². The van der Waals surface area contributed by atoms with Crippen molar-refractivity contribution in [1.29, 1.82) is 0 Å². The Hall–Kier alpha value is -4.14. The van der Waals surface area contributed by atoms with Gasteiger partial charge in [0.2, 0.25) is 5.91 Å². The van der Waals surface area contributed by atoms with E-state index in [0.29, 0.717) is 50.9 Å². The van der Waals surface area contributed by atoms with Crippen LogP contribution in [0.25, 0.3) is 11.3 Å². The number of hydrogen-bond donors (Lipinski definition) is 4. The van der Waals surface area contributed by atoms with E-state index in [0.717, 1.165) is 18.7 Å². The minimum atomic E-state index is -0.941. The number of amides is 2. The molecule has 4 rings (SSSR count). The van der Waals surface area contributed by atoms with Crippen LogP contribution < -0.4 is 20.9 Å². The molecule has 0 unspecified atom stereocenters. The fourth-order valence-electron chi connectivity index (χ4n) is 4.43. The molecule has 4 N–H and O–H groups in total. The van der Waals surface area contributed by atoms with E-state index in [1.165, 1.54) is 0 Å². The van der Waals surface area contributed by atoms with Crippen LogP contribution in [0.4, 0.5) is 17.1 Å². The molecule has 38 heavy (non-hydrogen) atoms. The molecule has 1 aliphatic heterocycles. The zero-order chi connectivity index (χ0) is 27.2. The number of hydrogen-bond acceptors (Lipinski definition) is 5. The molecular formula is C29H29ClN4O4. The number of carbonyl (C=O) groups excluding carboxylic acids is 2. The largest absolute Gasteiger partial charge is 0.481 e. The van der Waals surface area contributed by atoms with Crippen LogP contribution in [0.3, 0.4) is 0 Å². The van der Waals surface area contributed by atoms with Crippen LogP contribution in [0, 0.1) is 0 Å². The van der Waals surface area contributed by atoms with Gasteiger partial charge in [-0.3, -0.25) is 14.4 Å². The minimum Gasteiger partial charge on any atom is -0.481 e. The van der Waals surface area contributed by atoms with Gasteiger partial charge in [0, 0.05) is 35.4 Å². The molecule has 0 atom stereocenters. The second-order valence-electron chi connectivity index (χ2n) is 8.96. The lowest BCUT2D eigenvalue weighted by Gasteiger charge is -2.22. The normalized spacial score (nSPS) is 13.5. The van der Waals surface area contributed by atoms with Gasteiger partial charge < -0.3 is 26.0 Å². The summed E-state index contributed by atoms with van der Waals surface area (Å²) >= 11 is 6.15. The molecule has 0 saturated heterocycles. The van der Waals surface area contributed by atoms with Crippen LogP contribution >= 0.6 is 11.6 Å². The first-order chi connectivity index (χ1) is 18.3. The maximum absolute atomic E-state index is 13.2. The number of nitrogens with one attached hydrogen (secondary N) is 3. The lowest BCUT2D eigenvalue weighted by Crippen LogP contribution is -2.31. The van der Waals surface area contributed by atoms with Crippen molar-refractivity contribution in [2.75, 3.05) is 35.7 Å². The van der Waals surface area contributed by atoms with Gasteiger partial charge in [0.15, 0.2) is 0 Å². The topological polar surface area (TPSA) is 111 Å². The molecule has 1 aliphatic rings. The molecule has 196 valence electrons.